The second-order valence-electron chi connectivity index (χ2n) is 5.65. The van der Waals surface area contributed by atoms with Crippen LogP contribution in [0.3, 0.4) is 0 Å². The van der Waals surface area contributed by atoms with Gasteiger partial charge < -0.3 is 4.90 Å². The van der Waals surface area contributed by atoms with E-state index in [1.165, 1.54) is 11.8 Å². The molecule has 3 rings (SSSR count). The first-order valence-electron chi connectivity index (χ1n) is 7.89. The molecule has 1 aromatic rings. The summed E-state index contributed by atoms with van der Waals surface area (Å²) in [6.07, 6.45) is 1.68. The molecule has 0 saturated carbocycles. The van der Waals surface area contributed by atoms with Gasteiger partial charge in [-0.15, -0.1) is 0 Å². The van der Waals surface area contributed by atoms with Gasteiger partial charge in [-0.05, 0) is 31.0 Å². The van der Waals surface area contributed by atoms with E-state index in [9.17, 15) is 9.59 Å². The summed E-state index contributed by atoms with van der Waals surface area (Å²) >= 11 is 10.0. The number of hydrogen-bond acceptors (Lipinski definition) is 4. The van der Waals surface area contributed by atoms with Crippen molar-refractivity contribution >= 4 is 67.3 Å². The number of thioether (sulfide) groups is 1. The molecule has 7 heteroatoms. The number of thiocarbonyl (C=S) groups is 1. The molecule has 0 radical (unpaired) electrons. The van der Waals surface area contributed by atoms with Crippen molar-refractivity contribution in [2.45, 2.75) is 26.7 Å². The molecule has 126 valence electrons. The van der Waals surface area contributed by atoms with Gasteiger partial charge in [0, 0.05) is 23.1 Å². The first-order chi connectivity index (χ1) is 11.5. The molecule has 0 aromatic heterocycles. The van der Waals surface area contributed by atoms with Crippen LogP contribution in [-0.2, 0) is 9.59 Å². The average Bonchev–Trinajstić information content (AvgIpc) is 2.96. The van der Waals surface area contributed by atoms with E-state index in [4.69, 9.17) is 12.2 Å². The number of halogens is 1. The van der Waals surface area contributed by atoms with E-state index in [0.717, 1.165) is 28.6 Å². The van der Waals surface area contributed by atoms with Crippen molar-refractivity contribution in [3.05, 3.63) is 33.1 Å². The molecule has 0 aliphatic carbocycles. The van der Waals surface area contributed by atoms with Crippen LogP contribution >= 0.6 is 39.9 Å². The van der Waals surface area contributed by atoms with Crippen molar-refractivity contribution in [1.29, 1.82) is 0 Å². The Bertz CT molecular complexity index is 776. The van der Waals surface area contributed by atoms with Crippen LogP contribution in [0.15, 0.2) is 27.6 Å². The summed E-state index contributed by atoms with van der Waals surface area (Å²) in [5.41, 5.74) is 2.15. The quantitative estimate of drug-likeness (QED) is 0.536. The number of nitrogens with zero attached hydrogens (tertiary/aromatic N) is 2. The third kappa shape index (κ3) is 2.82. The van der Waals surface area contributed by atoms with Gasteiger partial charge in [-0.3, -0.25) is 14.5 Å². The van der Waals surface area contributed by atoms with E-state index in [2.05, 4.69) is 15.9 Å². The molecule has 2 heterocycles. The van der Waals surface area contributed by atoms with Crippen LogP contribution in [0.4, 0.5) is 5.69 Å². The molecule has 1 saturated heterocycles. The number of rotatable bonds is 4. The van der Waals surface area contributed by atoms with Crippen molar-refractivity contribution in [2.24, 2.45) is 0 Å². The zero-order valence-electron chi connectivity index (χ0n) is 13.5. The highest BCUT2D eigenvalue weighted by Gasteiger charge is 2.41. The van der Waals surface area contributed by atoms with Gasteiger partial charge in [0.25, 0.3) is 11.8 Å². The molecule has 2 amide bonds. The minimum absolute atomic E-state index is 0.109. The Balaban J connectivity index is 2.15. The van der Waals surface area contributed by atoms with Gasteiger partial charge in [0.15, 0.2) is 0 Å². The maximum Gasteiger partial charge on any atom is 0.267 e. The van der Waals surface area contributed by atoms with E-state index >= 15 is 0 Å². The number of benzene rings is 1. The second-order valence-corrected chi connectivity index (χ2v) is 8.21. The molecule has 4 nitrogen and oxygen atoms in total. The summed E-state index contributed by atoms with van der Waals surface area (Å²) in [5.74, 6) is -0.263. The van der Waals surface area contributed by atoms with E-state index in [0.29, 0.717) is 27.9 Å². The molecular weight excluding hydrogens is 408 g/mol. The highest BCUT2D eigenvalue weighted by atomic mass is 79.9. The predicted octanol–water partition coefficient (Wildman–Crippen LogP) is 4.19. The van der Waals surface area contributed by atoms with Gasteiger partial charge in [-0.25, -0.2) is 0 Å². The number of fused-ring (bicyclic) bond motifs is 1. The van der Waals surface area contributed by atoms with Crippen molar-refractivity contribution in [2.75, 3.05) is 18.0 Å². The third-order valence-electron chi connectivity index (χ3n) is 3.95. The van der Waals surface area contributed by atoms with Crippen molar-refractivity contribution < 1.29 is 9.59 Å². The Morgan fingerprint density at radius 2 is 1.75 bits per heavy atom. The summed E-state index contributed by atoms with van der Waals surface area (Å²) < 4.78 is 1.41. The molecular formula is C17H17BrN2O2S2. The lowest BCUT2D eigenvalue weighted by Gasteiger charge is -2.15. The molecule has 2 aliphatic rings. The third-order valence-corrected chi connectivity index (χ3v) is 5.89. The molecule has 0 atom stereocenters. The topological polar surface area (TPSA) is 40.6 Å². The maximum atomic E-state index is 13.0. The van der Waals surface area contributed by atoms with Crippen LogP contribution in [0, 0.1) is 0 Å². The number of carbonyl (C=O) groups is 2. The molecule has 0 N–H and O–H groups in total. The van der Waals surface area contributed by atoms with Crippen LogP contribution in [-0.4, -0.2) is 34.1 Å². The number of anilines is 1. The molecule has 1 aromatic carbocycles. The highest BCUT2D eigenvalue weighted by molar-refractivity contribution is 9.10. The largest absolute Gasteiger partial charge is 0.308 e. The minimum Gasteiger partial charge on any atom is -0.308 e. The summed E-state index contributed by atoms with van der Waals surface area (Å²) in [5, 5.41) is 0. The predicted molar refractivity (Wildman–Crippen MR) is 106 cm³/mol. The second kappa shape index (κ2) is 6.98. The summed E-state index contributed by atoms with van der Waals surface area (Å²) in [6.45, 7) is 5.25. The molecule has 0 unspecified atom stereocenters. The standard InChI is InChI=1S/C17H17BrN2O2S2/c1-3-7-19-12-6-5-10(18)9-11(12)13(15(19)21)14-16(22)20(8-4-2)17(23)24-14/h5-6,9H,3-4,7-8H2,1-2H3/b14-13-. The summed E-state index contributed by atoms with van der Waals surface area (Å²) in [4.78, 5) is 29.6. The van der Waals surface area contributed by atoms with Gasteiger partial charge in [-0.2, -0.15) is 0 Å². The Kier molecular flexibility index (Phi) is 5.13. The minimum atomic E-state index is -0.153. The van der Waals surface area contributed by atoms with Gasteiger partial charge in [-0.1, -0.05) is 53.8 Å². The number of amides is 2. The van der Waals surface area contributed by atoms with E-state index < -0.39 is 0 Å². The van der Waals surface area contributed by atoms with Gasteiger partial charge in [0.05, 0.1) is 16.2 Å². The van der Waals surface area contributed by atoms with Crippen LogP contribution < -0.4 is 4.90 Å². The number of carbonyl (C=O) groups excluding carboxylic acids is 2. The number of hydrogen-bond donors (Lipinski definition) is 0. The molecule has 0 spiro atoms. The Hall–Kier alpha value is -1.18. The molecule has 0 bridgehead atoms. The highest BCUT2D eigenvalue weighted by Crippen LogP contribution is 2.45. The van der Waals surface area contributed by atoms with Crippen molar-refractivity contribution in [1.82, 2.24) is 4.90 Å². The Morgan fingerprint density at radius 3 is 2.42 bits per heavy atom. The van der Waals surface area contributed by atoms with Gasteiger partial charge >= 0.3 is 0 Å². The summed E-state index contributed by atoms with van der Waals surface area (Å²) in [6, 6.07) is 5.75. The first kappa shape index (κ1) is 17.6. The van der Waals surface area contributed by atoms with Crippen molar-refractivity contribution in [3.8, 4) is 0 Å². The molecule has 24 heavy (non-hydrogen) atoms. The van der Waals surface area contributed by atoms with E-state index in [1.54, 1.807) is 9.80 Å². The fourth-order valence-corrected chi connectivity index (χ4v) is 4.68. The van der Waals surface area contributed by atoms with Gasteiger partial charge in [0.2, 0.25) is 0 Å². The lowest BCUT2D eigenvalue weighted by Crippen LogP contribution is -2.30. The zero-order chi connectivity index (χ0) is 17.4. The van der Waals surface area contributed by atoms with Crippen LogP contribution in [0.25, 0.3) is 5.57 Å². The SMILES string of the molecule is CCCN1C(=O)/C(=C2/C(=O)N(CCC)c3ccc(Br)cc32)SC1=S. The first-order valence-corrected chi connectivity index (χ1v) is 9.91. The monoisotopic (exact) mass is 424 g/mol. The average molecular weight is 425 g/mol. The van der Waals surface area contributed by atoms with Crippen LogP contribution in [0.2, 0.25) is 0 Å². The Labute approximate surface area is 159 Å². The molecule has 1 fully saturated rings. The smallest absolute Gasteiger partial charge is 0.267 e. The van der Waals surface area contributed by atoms with Crippen molar-refractivity contribution in [3.63, 3.8) is 0 Å². The fourth-order valence-electron chi connectivity index (χ4n) is 2.93. The fraction of sp³-hybridized carbons (Fsp3) is 0.353. The molecule has 2 aliphatic heterocycles. The van der Waals surface area contributed by atoms with Crippen LogP contribution in [0.5, 0.6) is 0 Å². The van der Waals surface area contributed by atoms with Gasteiger partial charge in [0.1, 0.15) is 4.32 Å². The maximum absolute atomic E-state index is 13.0. The normalized spacial score (nSPS) is 20.4. The van der Waals surface area contributed by atoms with E-state index in [-0.39, 0.29) is 11.8 Å². The van der Waals surface area contributed by atoms with Crippen LogP contribution in [0.1, 0.15) is 32.3 Å². The lowest BCUT2D eigenvalue weighted by atomic mass is 10.1. The zero-order valence-corrected chi connectivity index (χ0v) is 16.7. The lowest BCUT2D eigenvalue weighted by molar-refractivity contribution is -0.122. The Morgan fingerprint density at radius 1 is 1.08 bits per heavy atom. The van der Waals surface area contributed by atoms with E-state index in [1.807, 2.05) is 32.0 Å². The summed E-state index contributed by atoms with van der Waals surface area (Å²) in [7, 11) is 0.